The molecule has 0 unspecified atom stereocenters. The number of carbonyl (C=O) groups is 4. The van der Waals surface area contributed by atoms with Gasteiger partial charge in [-0.05, 0) is 36.5 Å². The summed E-state index contributed by atoms with van der Waals surface area (Å²) in [5, 5.41) is 11.0. The van der Waals surface area contributed by atoms with Gasteiger partial charge in [0.25, 0.3) is 0 Å². The van der Waals surface area contributed by atoms with Gasteiger partial charge in [-0.15, -0.1) is 0 Å². The summed E-state index contributed by atoms with van der Waals surface area (Å²) in [4.78, 5) is 50.3. The maximum atomic E-state index is 13.2. The molecule has 0 aromatic rings. The Labute approximate surface area is 165 Å². The Balaban J connectivity index is 2.36. The number of rotatable bonds is 3. The SMILES string of the molecule is CC(=O)O[C@@H]1C[C@H]2C(C)(C)CCC[C@]2(C=O)C2=C1C(O)=C(C(C)C)C(=O)C2=O. The third-order valence-corrected chi connectivity index (χ3v) is 6.77. The number of hydrogen-bond donors (Lipinski definition) is 1. The molecule has 152 valence electrons. The molecule has 0 heterocycles. The van der Waals surface area contributed by atoms with E-state index in [0.717, 1.165) is 19.1 Å². The number of allylic oxidation sites excluding steroid dienone is 2. The Hall–Kier alpha value is -2.24. The van der Waals surface area contributed by atoms with E-state index in [1.165, 1.54) is 6.92 Å². The van der Waals surface area contributed by atoms with Crippen molar-refractivity contribution < 1.29 is 29.0 Å². The van der Waals surface area contributed by atoms with Gasteiger partial charge in [0.2, 0.25) is 11.6 Å². The molecule has 6 nitrogen and oxygen atoms in total. The molecule has 1 fully saturated rings. The van der Waals surface area contributed by atoms with Gasteiger partial charge in [0.05, 0.1) is 5.41 Å². The molecule has 1 saturated carbocycles. The number of ketones is 2. The van der Waals surface area contributed by atoms with Crippen molar-refractivity contribution in [2.24, 2.45) is 22.7 Å². The maximum Gasteiger partial charge on any atom is 0.303 e. The first-order valence-electron chi connectivity index (χ1n) is 9.88. The molecule has 0 amide bonds. The summed E-state index contributed by atoms with van der Waals surface area (Å²) in [6.45, 7) is 8.78. The number of fused-ring (bicyclic) bond motifs is 2. The minimum atomic E-state index is -1.14. The smallest absolute Gasteiger partial charge is 0.303 e. The number of aldehydes is 1. The van der Waals surface area contributed by atoms with Crippen LogP contribution >= 0.6 is 0 Å². The Kier molecular flexibility index (Phi) is 4.89. The molecule has 0 aliphatic heterocycles. The topological polar surface area (TPSA) is 97.7 Å². The maximum absolute atomic E-state index is 13.2. The lowest BCUT2D eigenvalue weighted by Gasteiger charge is -2.55. The largest absolute Gasteiger partial charge is 0.507 e. The standard InChI is InChI=1S/C22H28O6/c1-11(2)15-18(25)16-13(28-12(3)24)9-14-21(4,5)7-6-8-22(14,10-23)17(16)20(27)19(15)26/h10-11,13-14,25H,6-9H2,1-5H3/t13-,14+,22-/m1/s1. The number of esters is 1. The van der Waals surface area contributed by atoms with Crippen LogP contribution in [0.25, 0.3) is 0 Å². The summed E-state index contributed by atoms with van der Waals surface area (Å²) < 4.78 is 5.50. The van der Waals surface area contributed by atoms with E-state index in [1.54, 1.807) is 13.8 Å². The first-order valence-corrected chi connectivity index (χ1v) is 9.88. The number of aliphatic hydroxyl groups is 1. The summed E-state index contributed by atoms with van der Waals surface area (Å²) in [7, 11) is 0. The second-order valence-electron chi connectivity index (χ2n) is 9.25. The summed E-state index contributed by atoms with van der Waals surface area (Å²) in [6.07, 6.45) is 2.32. The monoisotopic (exact) mass is 388 g/mol. The Morgan fingerprint density at radius 3 is 2.39 bits per heavy atom. The molecule has 28 heavy (non-hydrogen) atoms. The first kappa shape index (κ1) is 20.5. The molecule has 3 rings (SSSR count). The molecule has 0 aromatic heterocycles. The lowest BCUT2D eigenvalue weighted by atomic mass is 9.48. The van der Waals surface area contributed by atoms with Crippen molar-refractivity contribution in [3.8, 4) is 0 Å². The van der Waals surface area contributed by atoms with Gasteiger partial charge in [-0.3, -0.25) is 14.4 Å². The third kappa shape index (κ3) is 2.76. The summed E-state index contributed by atoms with van der Waals surface area (Å²) >= 11 is 0. The molecule has 3 aliphatic carbocycles. The van der Waals surface area contributed by atoms with Crippen molar-refractivity contribution in [2.75, 3.05) is 0 Å². The number of hydrogen-bond acceptors (Lipinski definition) is 6. The van der Waals surface area contributed by atoms with Crippen molar-refractivity contribution >= 4 is 23.8 Å². The molecule has 0 radical (unpaired) electrons. The fourth-order valence-electron chi connectivity index (χ4n) is 5.59. The third-order valence-electron chi connectivity index (χ3n) is 6.77. The van der Waals surface area contributed by atoms with Gasteiger partial charge in [-0.2, -0.15) is 0 Å². The summed E-state index contributed by atoms with van der Waals surface area (Å²) in [5.74, 6) is -2.99. The zero-order chi connectivity index (χ0) is 21.0. The van der Waals surface area contributed by atoms with E-state index in [9.17, 15) is 24.3 Å². The van der Waals surface area contributed by atoms with E-state index in [4.69, 9.17) is 4.74 Å². The predicted molar refractivity (Wildman–Crippen MR) is 101 cm³/mol. The van der Waals surface area contributed by atoms with E-state index in [0.29, 0.717) is 12.8 Å². The molecule has 1 N–H and O–H groups in total. The molecule has 0 aromatic carbocycles. The average Bonchev–Trinajstić information content (AvgIpc) is 2.58. The zero-order valence-corrected chi connectivity index (χ0v) is 17.1. The number of Topliss-reactive ketones (excluding diaryl/α,β-unsaturated/α-hetero) is 2. The van der Waals surface area contributed by atoms with Gasteiger partial charge < -0.3 is 14.6 Å². The van der Waals surface area contributed by atoms with Crippen LogP contribution in [-0.2, 0) is 23.9 Å². The number of ether oxygens (including phenoxy) is 1. The van der Waals surface area contributed by atoms with Crippen LogP contribution in [0.3, 0.4) is 0 Å². The second kappa shape index (κ2) is 6.68. The first-order chi connectivity index (χ1) is 13.0. The van der Waals surface area contributed by atoms with Crippen molar-refractivity contribution in [1.29, 1.82) is 0 Å². The highest BCUT2D eigenvalue weighted by molar-refractivity contribution is 6.51. The van der Waals surface area contributed by atoms with E-state index >= 15 is 0 Å². The highest BCUT2D eigenvalue weighted by Crippen LogP contribution is 2.61. The van der Waals surface area contributed by atoms with E-state index in [-0.39, 0.29) is 39.7 Å². The Bertz CT molecular complexity index is 828. The van der Waals surface area contributed by atoms with Crippen molar-refractivity contribution in [1.82, 2.24) is 0 Å². The minimum Gasteiger partial charge on any atom is -0.507 e. The van der Waals surface area contributed by atoms with Crippen LogP contribution in [0.5, 0.6) is 0 Å². The van der Waals surface area contributed by atoms with Crippen LogP contribution in [0.1, 0.15) is 60.3 Å². The van der Waals surface area contributed by atoms with E-state index < -0.39 is 29.1 Å². The van der Waals surface area contributed by atoms with Gasteiger partial charge in [0, 0.05) is 23.6 Å². The van der Waals surface area contributed by atoms with E-state index in [1.807, 2.05) is 13.8 Å². The predicted octanol–water partition coefficient (Wildman–Crippen LogP) is 3.25. The van der Waals surface area contributed by atoms with Gasteiger partial charge >= 0.3 is 5.97 Å². The van der Waals surface area contributed by atoms with Crippen LogP contribution in [0.15, 0.2) is 22.5 Å². The molecule has 3 atom stereocenters. The summed E-state index contributed by atoms with van der Waals surface area (Å²) in [5.41, 5.74) is -1.20. The molecular weight excluding hydrogens is 360 g/mol. The zero-order valence-electron chi connectivity index (χ0n) is 17.1. The van der Waals surface area contributed by atoms with Crippen molar-refractivity contribution in [3.63, 3.8) is 0 Å². The van der Waals surface area contributed by atoms with Crippen LogP contribution in [0, 0.1) is 22.7 Å². The van der Waals surface area contributed by atoms with Gasteiger partial charge in [-0.1, -0.05) is 34.1 Å². The Morgan fingerprint density at radius 2 is 1.86 bits per heavy atom. The van der Waals surface area contributed by atoms with Gasteiger partial charge in [0.15, 0.2) is 0 Å². The second-order valence-corrected chi connectivity index (χ2v) is 9.25. The number of aliphatic hydroxyl groups excluding tert-OH is 1. The normalized spacial score (nSPS) is 32.2. The lowest BCUT2D eigenvalue weighted by Crippen LogP contribution is -2.55. The number of carbonyl (C=O) groups excluding carboxylic acids is 4. The molecule has 3 aliphatic rings. The van der Waals surface area contributed by atoms with Gasteiger partial charge in [0.1, 0.15) is 18.1 Å². The van der Waals surface area contributed by atoms with Crippen LogP contribution in [0.2, 0.25) is 0 Å². The fraction of sp³-hybridized carbons (Fsp3) is 0.636. The quantitative estimate of drug-likeness (QED) is 0.345. The molecule has 6 heteroatoms. The van der Waals surface area contributed by atoms with Crippen molar-refractivity contribution in [3.05, 3.63) is 22.5 Å². The Morgan fingerprint density at radius 1 is 1.21 bits per heavy atom. The fourth-order valence-corrected chi connectivity index (χ4v) is 5.59. The van der Waals surface area contributed by atoms with Gasteiger partial charge in [-0.25, -0.2) is 0 Å². The van der Waals surface area contributed by atoms with Crippen LogP contribution in [0.4, 0.5) is 0 Å². The van der Waals surface area contributed by atoms with Crippen LogP contribution in [-0.4, -0.2) is 35.0 Å². The molecule has 0 bridgehead atoms. The molecule has 0 saturated heterocycles. The van der Waals surface area contributed by atoms with E-state index in [2.05, 4.69) is 0 Å². The van der Waals surface area contributed by atoms with Crippen LogP contribution < -0.4 is 0 Å². The average molecular weight is 388 g/mol. The van der Waals surface area contributed by atoms with Crippen molar-refractivity contribution in [2.45, 2.75) is 66.4 Å². The highest BCUT2D eigenvalue weighted by atomic mass is 16.5. The summed E-state index contributed by atoms with van der Waals surface area (Å²) in [6, 6.07) is 0. The lowest BCUT2D eigenvalue weighted by molar-refractivity contribution is -0.150. The molecular formula is C22H28O6. The minimum absolute atomic E-state index is 0.0236. The highest BCUT2D eigenvalue weighted by Gasteiger charge is 2.60. The molecule has 0 spiro atoms.